The molecular formula is C25H23FN4O5. The van der Waals surface area contributed by atoms with E-state index in [0.717, 1.165) is 0 Å². The molecule has 0 saturated heterocycles. The Morgan fingerprint density at radius 3 is 2.46 bits per heavy atom. The number of urea groups is 1. The fourth-order valence-electron chi connectivity index (χ4n) is 3.67. The van der Waals surface area contributed by atoms with Crippen LogP contribution in [0.4, 0.5) is 9.18 Å². The van der Waals surface area contributed by atoms with Gasteiger partial charge in [0.05, 0.1) is 29.6 Å². The average Bonchev–Trinajstić information content (AvgIpc) is 3.29. The number of hydrogen-bond donors (Lipinski definition) is 2. The monoisotopic (exact) mass is 478 g/mol. The van der Waals surface area contributed by atoms with Gasteiger partial charge in [0.1, 0.15) is 23.7 Å². The first-order valence-electron chi connectivity index (χ1n) is 10.9. The lowest BCUT2D eigenvalue weighted by molar-refractivity contribution is -0.139. The molecule has 0 spiro atoms. The molecule has 9 nitrogen and oxygen atoms in total. The highest BCUT2D eigenvalue weighted by Crippen LogP contribution is 2.25. The predicted molar refractivity (Wildman–Crippen MR) is 124 cm³/mol. The fourth-order valence-corrected chi connectivity index (χ4v) is 3.67. The Kier molecular flexibility index (Phi) is 6.91. The summed E-state index contributed by atoms with van der Waals surface area (Å²) >= 11 is 0. The van der Waals surface area contributed by atoms with Gasteiger partial charge in [-0.15, -0.1) is 0 Å². The van der Waals surface area contributed by atoms with E-state index in [4.69, 9.17) is 9.47 Å². The summed E-state index contributed by atoms with van der Waals surface area (Å²) in [6, 6.07) is 13.6. The van der Waals surface area contributed by atoms with Gasteiger partial charge in [-0.25, -0.2) is 23.5 Å². The zero-order valence-electron chi connectivity index (χ0n) is 19.1. The smallest absolute Gasteiger partial charge is 0.342 e. The van der Waals surface area contributed by atoms with Crippen molar-refractivity contribution in [2.75, 3.05) is 13.2 Å². The zero-order chi connectivity index (χ0) is 24.9. The van der Waals surface area contributed by atoms with Crippen molar-refractivity contribution < 1.29 is 28.2 Å². The van der Waals surface area contributed by atoms with Crippen molar-refractivity contribution in [1.82, 2.24) is 20.4 Å². The lowest BCUT2D eigenvalue weighted by Crippen LogP contribution is -2.50. The maximum atomic E-state index is 13.5. The number of esters is 2. The van der Waals surface area contributed by atoms with Crippen LogP contribution in [0.3, 0.4) is 0 Å². The Bertz CT molecular complexity index is 1280. The molecule has 1 aliphatic heterocycles. The lowest BCUT2D eigenvalue weighted by Gasteiger charge is -2.26. The number of halogens is 1. The van der Waals surface area contributed by atoms with Gasteiger partial charge < -0.3 is 20.1 Å². The van der Waals surface area contributed by atoms with E-state index in [0.29, 0.717) is 16.9 Å². The molecule has 4 rings (SSSR count). The number of nitrogens with one attached hydrogen (secondary N) is 2. The van der Waals surface area contributed by atoms with Crippen LogP contribution in [0.1, 0.15) is 24.2 Å². The standard InChI is InChI=1S/C25H23FN4O5/c1-3-34-24(32)21-15(2)27-25(33)28-20(21)14-35-23(31)19-13-30(18-7-5-4-6-8-18)29-22(19)16-9-11-17(26)12-10-16/h4-13,15H,3,14H2,1-2H3,(H2,27,28,33). The van der Waals surface area contributed by atoms with E-state index in [1.165, 1.54) is 35.1 Å². The highest BCUT2D eigenvalue weighted by Gasteiger charge is 2.31. The number of hydrogen-bond acceptors (Lipinski definition) is 6. The average molecular weight is 478 g/mol. The maximum absolute atomic E-state index is 13.5. The number of nitrogens with zero attached hydrogens (tertiary/aromatic N) is 2. The third kappa shape index (κ3) is 5.21. The molecule has 0 bridgehead atoms. The molecule has 3 aromatic rings. The molecule has 0 aliphatic carbocycles. The summed E-state index contributed by atoms with van der Waals surface area (Å²) in [5.74, 6) is -1.78. The predicted octanol–water partition coefficient (Wildman–Crippen LogP) is 3.35. The Hall–Kier alpha value is -4.47. The summed E-state index contributed by atoms with van der Waals surface area (Å²) in [7, 11) is 0. The summed E-state index contributed by atoms with van der Waals surface area (Å²) < 4.78 is 25.6. The van der Waals surface area contributed by atoms with E-state index in [1.54, 1.807) is 13.8 Å². The zero-order valence-corrected chi connectivity index (χ0v) is 19.1. The first kappa shape index (κ1) is 23.7. The molecule has 180 valence electrons. The highest BCUT2D eigenvalue weighted by molar-refractivity contribution is 5.97. The summed E-state index contributed by atoms with van der Waals surface area (Å²) in [4.78, 5) is 37.5. The highest BCUT2D eigenvalue weighted by atomic mass is 19.1. The third-order valence-corrected chi connectivity index (χ3v) is 5.29. The minimum absolute atomic E-state index is 0.131. The quantitative estimate of drug-likeness (QED) is 0.504. The van der Waals surface area contributed by atoms with Crippen molar-refractivity contribution >= 4 is 18.0 Å². The van der Waals surface area contributed by atoms with Crippen LogP contribution in [0.15, 0.2) is 72.1 Å². The second-order valence-corrected chi connectivity index (χ2v) is 7.69. The van der Waals surface area contributed by atoms with Crippen LogP contribution < -0.4 is 10.6 Å². The second-order valence-electron chi connectivity index (χ2n) is 7.69. The molecule has 10 heteroatoms. The topological polar surface area (TPSA) is 112 Å². The molecule has 0 radical (unpaired) electrons. The largest absolute Gasteiger partial charge is 0.463 e. The Morgan fingerprint density at radius 1 is 1.06 bits per heavy atom. The summed E-state index contributed by atoms with van der Waals surface area (Å²) in [5.41, 5.74) is 1.95. The number of ether oxygens (including phenoxy) is 2. The molecule has 2 N–H and O–H groups in total. The van der Waals surface area contributed by atoms with Crippen molar-refractivity contribution in [2.45, 2.75) is 19.9 Å². The summed E-state index contributed by atoms with van der Waals surface area (Å²) in [6.45, 7) is 3.07. The maximum Gasteiger partial charge on any atom is 0.342 e. The normalized spacial score (nSPS) is 15.3. The number of carbonyl (C=O) groups is 3. The minimum Gasteiger partial charge on any atom is -0.463 e. The Balaban J connectivity index is 1.66. The fraction of sp³-hybridized carbons (Fsp3) is 0.200. The van der Waals surface area contributed by atoms with Gasteiger partial charge in [-0.3, -0.25) is 0 Å². The van der Waals surface area contributed by atoms with E-state index in [2.05, 4.69) is 15.7 Å². The van der Waals surface area contributed by atoms with E-state index in [-0.39, 0.29) is 30.0 Å². The van der Waals surface area contributed by atoms with Crippen LogP contribution >= 0.6 is 0 Å². The van der Waals surface area contributed by atoms with Crippen molar-refractivity contribution in [3.8, 4) is 16.9 Å². The molecule has 2 heterocycles. The SMILES string of the molecule is CCOC(=O)C1=C(COC(=O)c2cn(-c3ccccc3)nc2-c2ccc(F)cc2)NC(=O)NC1C. The van der Waals surface area contributed by atoms with Gasteiger partial charge in [0.25, 0.3) is 0 Å². The molecule has 2 amide bonds. The summed E-state index contributed by atoms with van der Waals surface area (Å²) in [5, 5.41) is 9.61. The molecule has 0 saturated carbocycles. The van der Waals surface area contributed by atoms with Gasteiger partial charge in [0, 0.05) is 11.8 Å². The molecule has 1 aromatic heterocycles. The number of benzene rings is 2. The molecular weight excluding hydrogens is 455 g/mol. The molecule has 1 unspecified atom stereocenters. The van der Waals surface area contributed by atoms with Gasteiger partial charge in [0.2, 0.25) is 0 Å². The van der Waals surface area contributed by atoms with Crippen LogP contribution in [0.25, 0.3) is 16.9 Å². The van der Waals surface area contributed by atoms with Crippen molar-refractivity contribution in [3.05, 3.63) is 83.4 Å². The lowest BCUT2D eigenvalue weighted by atomic mass is 10.0. The van der Waals surface area contributed by atoms with Crippen LogP contribution in [-0.4, -0.2) is 47.0 Å². The van der Waals surface area contributed by atoms with Crippen LogP contribution in [0, 0.1) is 5.82 Å². The summed E-state index contributed by atoms with van der Waals surface area (Å²) in [6.07, 6.45) is 1.51. The van der Waals surface area contributed by atoms with Crippen LogP contribution in [0.5, 0.6) is 0 Å². The Morgan fingerprint density at radius 2 is 1.77 bits per heavy atom. The molecule has 2 aromatic carbocycles. The van der Waals surface area contributed by atoms with Gasteiger partial charge >= 0.3 is 18.0 Å². The number of amides is 2. The molecule has 0 fully saturated rings. The van der Waals surface area contributed by atoms with E-state index in [9.17, 15) is 18.8 Å². The first-order valence-corrected chi connectivity index (χ1v) is 10.9. The number of para-hydroxylation sites is 1. The van der Waals surface area contributed by atoms with E-state index < -0.39 is 29.8 Å². The van der Waals surface area contributed by atoms with Crippen LogP contribution in [-0.2, 0) is 14.3 Å². The number of aromatic nitrogens is 2. The number of carbonyl (C=O) groups excluding carboxylic acids is 3. The minimum atomic E-state index is -0.734. The van der Waals surface area contributed by atoms with Crippen LogP contribution in [0.2, 0.25) is 0 Å². The number of rotatable bonds is 7. The molecule has 35 heavy (non-hydrogen) atoms. The van der Waals surface area contributed by atoms with Gasteiger partial charge in [0.15, 0.2) is 0 Å². The van der Waals surface area contributed by atoms with Crippen molar-refractivity contribution in [1.29, 1.82) is 0 Å². The first-order chi connectivity index (χ1) is 16.9. The van der Waals surface area contributed by atoms with Crippen molar-refractivity contribution in [2.24, 2.45) is 0 Å². The van der Waals surface area contributed by atoms with E-state index >= 15 is 0 Å². The van der Waals surface area contributed by atoms with Gasteiger partial charge in [-0.05, 0) is 50.2 Å². The molecule has 1 atom stereocenters. The second kappa shape index (κ2) is 10.2. The Labute approximate surface area is 200 Å². The van der Waals surface area contributed by atoms with Gasteiger partial charge in [-0.2, -0.15) is 5.10 Å². The van der Waals surface area contributed by atoms with E-state index in [1.807, 2.05) is 30.3 Å². The van der Waals surface area contributed by atoms with Crippen molar-refractivity contribution in [3.63, 3.8) is 0 Å². The van der Waals surface area contributed by atoms with Gasteiger partial charge in [-0.1, -0.05) is 18.2 Å². The third-order valence-electron chi connectivity index (χ3n) is 5.29. The molecule has 1 aliphatic rings.